The molecule has 2 aromatic rings. The molecule has 1 aliphatic rings. The van der Waals surface area contributed by atoms with Gasteiger partial charge in [0.05, 0.1) is 0 Å². The van der Waals surface area contributed by atoms with Gasteiger partial charge in [0.15, 0.2) is 5.70 Å². The lowest BCUT2D eigenvalue weighted by Crippen LogP contribution is -2.11. The maximum atomic E-state index is 13.2. The average Bonchev–Trinajstić information content (AvgIpc) is 2.96. The van der Waals surface area contributed by atoms with Crippen LogP contribution < -0.4 is 4.74 Å². The third kappa shape index (κ3) is 4.42. The zero-order valence-electron chi connectivity index (χ0n) is 15.8. The molecule has 0 radical (unpaired) electrons. The summed E-state index contributed by atoms with van der Waals surface area (Å²) in [5.41, 5.74) is 2.64. The van der Waals surface area contributed by atoms with Crippen LogP contribution in [0.15, 0.2) is 59.2 Å². The Labute approximate surface area is 158 Å². The van der Waals surface area contributed by atoms with Crippen LogP contribution in [0.3, 0.4) is 0 Å². The predicted molar refractivity (Wildman–Crippen MR) is 103 cm³/mol. The number of halogens is 1. The molecule has 1 atom stereocenters. The molecule has 5 heteroatoms. The zero-order valence-corrected chi connectivity index (χ0v) is 15.8. The smallest absolute Gasteiger partial charge is 0.363 e. The van der Waals surface area contributed by atoms with Crippen molar-refractivity contribution in [3.63, 3.8) is 0 Å². The number of carbonyl (C=O) groups is 1. The summed E-state index contributed by atoms with van der Waals surface area (Å²) in [5, 5.41) is 0. The Morgan fingerprint density at radius 1 is 1.11 bits per heavy atom. The highest BCUT2D eigenvalue weighted by Crippen LogP contribution is 2.27. The van der Waals surface area contributed by atoms with Crippen LogP contribution in [0.5, 0.6) is 5.75 Å². The van der Waals surface area contributed by atoms with Crippen molar-refractivity contribution in [2.75, 3.05) is 0 Å². The molecule has 140 valence electrons. The molecule has 0 amide bonds. The van der Waals surface area contributed by atoms with E-state index in [0.29, 0.717) is 11.3 Å². The molecule has 3 rings (SSSR count). The molecule has 0 N–H and O–H groups in total. The van der Waals surface area contributed by atoms with Crippen molar-refractivity contribution in [2.24, 2.45) is 4.99 Å². The number of aliphatic imine (C=N–C) groups is 1. The highest BCUT2D eigenvalue weighted by Gasteiger charge is 2.25. The molecule has 27 heavy (non-hydrogen) atoms. The van der Waals surface area contributed by atoms with E-state index < -0.39 is 12.3 Å². The SMILES string of the molecule is CC(F)Oc1ccccc1/C=C1\N=C(c2ccc(C(C)(C)C)cc2)OC1=O. The molecule has 0 bridgehead atoms. The van der Waals surface area contributed by atoms with Gasteiger partial charge in [0, 0.05) is 18.1 Å². The highest BCUT2D eigenvalue weighted by atomic mass is 19.1. The standard InChI is InChI=1S/C22H22FNO3/c1-14(23)26-19-8-6-5-7-16(19)13-18-21(25)27-20(24-18)15-9-11-17(12-10-15)22(2,3)4/h5-14H,1-4H3/b18-13-. The van der Waals surface area contributed by atoms with Crippen LogP contribution in [-0.2, 0) is 14.9 Å². The molecule has 0 saturated carbocycles. The van der Waals surface area contributed by atoms with Gasteiger partial charge in [0.1, 0.15) is 5.75 Å². The first-order valence-electron chi connectivity index (χ1n) is 8.77. The van der Waals surface area contributed by atoms with Crippen LogP contribution in [0.2, 0.25) is 0 Å². The second kappa shape index (κ2) is 7.35. The Hall–Kier alpha value is -2.95. The molecule has 1 heterocycles. The molecule has 0 fully saturated rings. The molecule has 1 unspecified atom stereocenters. The molecule has 2 aromatic carbocycles. The van der Waals surface area contributed by atoms with Crippen molar-refractivity contribution >= 4 is 17.9 Å². The van der Waals surface area contributed by atoms with Gasteiger partial charge in [-0.3, -0.25) is 0 Å². The number of rotatable bonds is 4. The number of ether oxygens (including phenoxy) is 2. The average molecular weight is 367 g/mol. The first kappa shape index (κ1) is 18.8. The van der Waals surface area contributed by atoms with Crippen LogP contribution in [0, 0.1) is 0 Å². The number of nitrogens with zero attached hydrogens (tertiary/aromatic N) is 1. The summed E-state index contributed by atoms with van der Waals surface area (Å²) in [6.45, 7) is 7.69. The van der Waals surface area contributed by atoms with Crippen LogP contribution in [-0.4, -0.2) is 18.2 Å². The van der Waals surface area contributed by atoms with E-state index in [4.69, 9.17) is 9.47 Å². The zero-order chi connectivity index (χ0) is 19.6. The fraction of sp³-hybridized carbons (Fsp3) is 0.273. The van der Waals surface area contributed by atoms with Gasteiger partial charge in [0.2, 0.25) is 12.3 Å². The number of esters is 1. The summed E-state index contributed by atoms with van der Waals surface area (Å²) in [7, 11) is 0. The molecular formula is C22H22FNO3. The van der Waals surface area contributed by atoms with Gasteiger partial charge in [-0.25, -0.2) is 14.2 Å². The summed E-state index contributed by atoms with van der Waals surface area (Å²) in [5.74, 6) is 0.0444. The number of hydrogen-bond donors (Lipinski definition) is 0. The first-order valence-corrected chi connectivity index (χ1v) is 8.77. The highest BCUT2D eigenvalue weighted by molar-refractivity contribution is 6.12. The lowest BCUT2D eigenvalue weighted by atomic mass is 9.87. The van der Waals surface area contributed by atoms with Gasteiger partial charge in [-0.15, -0.1) is 0 Å². The summed E-state index contributed by atoms with van der Waals surface area (Å²) in [6.07, 6.45) is 0.0804. The van der Waals surface area contributed by atoms with E-state index in [9.17, 15) is 9.18 Å². The van der Waals surface area contributed by atoms with Crippen molar-refractivity contribution in [1.29, 1.82) is 0 Å². The Kier molecular flexibility index (Phi) is 5.13. The minimum absolute atomic E-state index is 0.0367. The van der Waals surface area contributed by atoms with Crippen molar-refractivity contribution < 1.29 is 18.7 Å². The van der Waals surface area contributed by atoms with Gasteiger partial charge in [-0.1, -0.05) is 51.1 Å². The van der Waals surface area contributed by atoms with Crippen LogP contribution in [0.1, 0.15) is 44.4 Å². The fourth-order valence-electron chi connectivity index (χ4n) is 2.67. The predicted octanol–water partition coefficient (Wildman–Crippen LogP) is 5.02. The third-order valence-electron chi connectivity index (χ3n) is 4.12. The summed E-state index contributed by atoms with van der Waals surface area (Å²) in [4.78, 5) is 16.5. The molecule has 4 nitrogen and oxygen atoms in total. The molecule has 1 aliphatic heterocycles. The molecule has 0 saturated heterocycles. The van der Waals surface area contributed by atoms with E-state index in [1.165, 1.54) is 18.6 Å². The minimum atomic E-state index is -1.46. The van der Waals surface area contributed by atoms with E-state index in [-0.39, 0.29) is 17.0 Å². The monoisotopic (exact) mass is 367 g/mol. The minimum Gasteiger partial charge on any atom is -0.460 e. The van der Waals surface area contributed by atoms with E-state index in [1.54, 1.807) is 24.3 Å². The van der Waals surface area contributed by atoms with Gasteiger partial charge < -0.3 is 9.47 Å². The number of benzene rings is 2. The van der Waals surface area contributed by atoms with E-state index in [2.05, 4.69) is 25.8 Å². The maximum Gasteiger partial charge on any atom is 0.363 e. The van der Waals surface area contributed by atoms with Gasteiger partial charge in [0.25, 0.3) is 0 Å². The second-order valence-electron chi connectivity index (χ2n) is 7.36. The Balaban J connectivity index is 1.90. The first-order chi connectivity index (χ1) is 12.7. The van der Waals surface area contributed by atoms with Crippen LogP contribution >= 0.6 is 0 Å². The quantitative estimate of drug-likeness (QED) is 0.563. The van der Waals surface area contributed by atoms with Gasteiger partial charge in [-0.05, 0) is 35.3 Å². The molecule has 0 spiro atoms. The summed E-state index contributed by atoms with van der Waals surface area (Å²) < 4.78 is 23.6. The third-order valence-corrected chi connectivity index (χ3v) is 4.12. The topological polar surface area (TPSA) is 47.9 Å². The largest absolute Gasteiger partial charge is 0.460 e. The Bertz CT molecular complexity index is 906. The summed E-state index contributed by atoms with van der Waals surface area (Å²) in [6, 6.07) is 14.6. The van der Waals surface area contributed by atoms with Crippen molar-refractivity contribution in [1.82, 2.24) is 0 Å². The fourth-order valence-corrected chi connectivity index (χ4v) is 2.67. The summed E-state index contributed by atoms with van der Waals surface area (Å²) >= 11 is 0. The molecule has 0 aromatic heterocycles. The number of alkyl halides is 1. The number of hydrogen-bond acceptors (Lipinski definition) is 4. The lowest BCUT2D eigenvalue weighted by molar-refractivity contribution is -0.129. The Morgan fingerprint density at radius 2 is 1.78 bits per heavy atom. The number of cyclic esters (lactones) is 1. The van der Waals surface area contributed by atoms with Gasteiger partial charge >= 0.3 is 5.97 Å². The Morgan fingerprint density at radius 3 is 2.41 bits per heavy atom. The van der Waals surface area contributed by atoms with Crippen molar-refractivity contribution in [3.8, 4) is 5.75 Å². The van der Waals surface area contributed by atoms with E-state index in [1.807, 2.05) is 24.3 Å². The maximum absolute atomic E-state index is 13.2. The number of carbonyl (C=O) groups excluding carboxylic acids is 1. The van der Waals surface area contributed by atoms with E-state index in [0.717, 1.165) is 5.56 Å². The normalized spacial score (nSPS) is 16.9. The number of para-hydroxylation sites is 1. The molecular weight excluding hydrogens is 345 g/mol. The van der Waals surface area contributed by atoms with Crippen molar-refractivity contribution in [2.45, 2.75) is 39.5 Å². The van der Waals surface area contributed by atoms with Crippen LogP contribution in [0.25, 0.3) is 6.08 Å². The van der Waals surface area contributed by atoms with Crippen molar-refractivity contribution in [3.05, 3.63) is 70.9 Å². The molecule has 0 aliphatic carbocycles. The van der Waals surface area contributed by atoms with Gasteiger partial charge in [-0.2, -0.15) is 0 Å². The lowest BCUT2D eigenvalue weighted by Gasteiger charge is -2.18. The van der Waals surface area contributed by atoms with E-state index >= 15 is 0 Å². The van der Waals surface area contributed by atoms with Crippen LogP contribution in [0.4, 0.5) is 4.39 Å². The second-order valence-corrected chi connectivity index (χ2v) is 7.36.